The van der Waals surface area contributed by atoms with Crippen LogP contribution in [0.1, 0.15) is 34.1 Å². The van der Waals surface area contributed by atoms with Gasteiger partial charge in [0.2, 0.25) is 0 Å². The summed E-state index contributed by atoms with van der Waals surface area (Å²) >= 11 is 0. The third kappa shape index (κ3) is 18.9. The maximum atomic E-state index is 9.75. The Morgan fingerprint density at radius 3 is 1.38 bits per heavy atom. The summed E-state index contributed by atoms with van der Waals surface area (Å²) in [6.45, 7) is 9.15. The molecule has 0 saturated carbocycles. The Balaban J connectivity index is 0. The second kappa shape index (κ2) is 5.84. The van der Waals surface area contributed by atoms with E-state index >= 15 is 0 Å². The second-order valence-electron chi connectivity index (χ2n) is 3.97. The van der Waals surface area contributed by atoms with Gasteiger partial charge in [0.15, 0.2) is 0 Å². The molecule has 0 bridgehead atoms. The van der Waals surface area contributed by atoms with E-state index < -0.39 is 7.25 Å². The smallest absolute Gasteiger partial charge is 0.418 e. The fourth-order valence-electron chi connectivity index (χ4n) is 0.612. The Kier molecular flexibility index (Phi) is 7.05. The van der Waals surface area contributed by atoms with Crippen LogP contribution in [0.15, 0.2) is 0 Å². The molecule has 0 radical (unpaired) electrons. The highest BCUT2D eigenvalue weighted by Crippen LogP contribution is 2.27. The Hall–Kier alpha value is 0.215. The molecule has 13 heavy (non-hydrogen) atoms. The zero-order valence-electron chi connectivity index (χ0n) is 8.58. The third-order valence-corrected chi connectivity index (χ3v) is 3.52. The van der Waals surface area contributed by atoms with Crippen molar-refractivity contribution in [1.29, 1.82) is 0 Å². The first kappa shape index (κ1) is 15.7. The molecule has 0 aliphatic rings. The van der Waals surface area contributed by atoms with Gasteiger partial charge in [-0.1, -0.05) is 27.7 Å². The Morgan fingerprint density at radius 2 is 1.38 bits per heavy atom. The van der Waals surface area contributed by atoms with E-state index in [1.807, 2.05) is 0 Å². The quantitative estimate of drug-likeness (QED) is 0.359. The lowest BCUT2D eigenvalue weighted by molar-refractivity contribution is 0.368. The van der Waals surface area contributed by atoms with Crippen LogP contribution in [0.25, 0.3) is 0 Å². The lowest BCUT2D eigenvalue weighted by Gasteiger charge is -2.21. The van der Waals surface area contributed by atoms with Crippen molar-refractivity contribution in [2.75, 3.05) is 0 Å². The molecule has 2 unspecified atom stereocenters. The lowest BCUT2D eigenvalue weighted by Crippen LogP contribution is -2.18. The normalized spacial score (nSPS) is 14.8. The SMILES string of the molecule is CCC([PH3+])C(C)(C)C.F[B-](F)(F)F. The van der Waals surface area contributed by atoms with Crippen LogP contribution in [0.3, 0.4) is 0 Å². The fourth-order valence-corrected chi connectivity index (χ4v) is 0.612. The maximum Gasteiger partial charge on any atom is 0.673 e. The highest BCUT2D eigenvalue weighted by atomic mass is 31.0. The largest absolute Gasteiger partial charge is 0.673 e. The Labute approximate surface area is 79.8 Å². The Morgan fingerprint density at radius 1 is 1.15 bits per heavy atom. The van der Waals surface area contributed by atoms with Crippen LogP contribution in [0, 0.1) is 5.41 Å². The van der Waals surface area contributed by atoms with Gasteiger partial charge in [-0.3, -0.25) is 0 Å². The first-order valence-electron chi connectivity index (χ1n) is 4.19. The van der Waals surface area contributed by atoms with Crippen LogP contribution in [-0.4, -0.2) is 12.9 Å². The summed E-state index contributed by atoms with van der Waals surface area (Å²) in [5.74, 6) is 0. The predicted octanol–water partition coefficient (Wildman–Crippen LogP) is 3.72. The lowest BCUT2D eigenvalue weighted by atomic mass is 9.90. The highest BCUT2D eigenvalue weighted by Gasteiger charge is 2.21. The van der Waals surface area contributed by atoms with E-state index in [9.17, 15) is 17.3 Å². The second-order valence-corrected chi connectivity index (χ2v) is 4.95. The zero-order valence-corrected chi connectivity index (χ0v) is 9.99. The highest BCUT2D eigenvalue weighted by molar-refractivity contribution is 7.17. The first-order valence-corrected chi connectivity index (χ1v) is 5.00. The van der Waals surface area contributed by atoms with Crippen LogP contribution in [-0.2, 0) is 0 Å². The van der Waals surface area contributed by atoms with Gasteiger partial charge >= 0.3 is 7.25 Å². The van der Waals surface area contributed by atoms with Crippen molar-refractivity contribution in [2.45, 2.75) is 39.8 Å². The van der Waals surface area contributed by atoms with Gasteiger partial charge in [-0.25, -0.2) is 0 Å². The Bertz CT molecular complexity index is 123. The molecule has 2 atom stereocenters. The van der Waals surface area contributed by atoms with Gasteiger partial charge in [0.25, 0.3) is 0 Å². The topological polar surface area (TPSA) is 0 Å². The van der Waals surface area contributed by atoms with E-state index in [-0.39, 0.29) is 0 Å². The third-order valence-electron chi connectivity index (χ3n) is 1.72. The minimum Gasteiger partial charge on any atom is -0.418 e. The molecule has 0 aliphatic carbocycles. The summed E-state index contributed by atoms with van der Waals surface area (Å²) in [6.07, 6.45) is 1.31. The number of rotatable bonds is 1. The monoisotopic (exact) mass is 220 g/mol. The molecular formula is C7H18BF4P. The van der Waals surface area contributed by atoms with Gasteiger partial charge in [0.1, 0.15) is 0 Å². The van der Waals surface area contributed by atoms with Crippen molar-refractivity contribution in [2.24, 2.45) is 5.41 Å². The molecule has 0 rings (SSSR count). The molecule has 0 saturated heterocycles. The number of hydrogen-bond donors (Lipinski definition) is 0. The molecule has 0 aromatic rings. The average molecular weight is 220 g/mol. The summed E-state index contributed by atoms with van der Waals surface area (Å²) in [5, 5.41) is 0. The first-order chi connectivity index (χ1) is 5.48. The van der Waals surface area contributed by atoms with Gasteiger partial charge in [0.05, 0.1) is 5.66 Å². The van der Waals surface area contributed by atoms with Crippen LogP contribution in [0.4, 0.5) is 17.3 Å². The van der Waals surface area contributed by atoms with Crippen molar-refractivity contribution in [3.63, 3.8) is 0 Å². The van der Waals surface area contributed by atoms with Crippen molar-refractivity contribution >= 4 is 16.5 Å². The van der Waals surface area contributed by atoms with Gasteiger partial charge < -0.3 is 17.3 Å². The van der Waals surface area contributed by atoms with Crippen LogP contribution >= 0.6 is 9.24 Å². The predicted molar refractivity (Wildman–Crippen MR) is 54.8 cm³/mol. The van der Waals surface area contributed by atoms with E-state index in [0.717, 1.165) is 5.66 Å². The molecule has 0 N–H and O–H groups in total. The number of halogens is 4. The van der Waals surface area contributed by atoms with Crippen LogP contribution < -0.4 is 0 Å². The van der Waals surface area contributed by atoms with E-state index in [1.165, 1.54) is 6.42 Å². The van der Waals surface area contributed by atoms with Crippen molar-refractivity contribution in [1.82, 2.24) is 0 Å². The molecule has 0 aromatic carbocycles. The van der Waals surface area contributed by atoms with Crippen molar-refractivity contribution in [3.05, 3.63) is 0 Å². The van der Waals surface area contributed by atoms with Gasteiger partial charge in [-0.15, -0.1) is 0 Å². The molecule has 0 spiro atoms. The summed E-state index contributed by atoms with van der Waals surface area (Å²) in [7, 11) is -3.89. The standard InChI is InChI=1S/C7H17P.BF4/c1-5-6(8)7(2,3)4;2-1(3,4)5/h6H,5,8H2,1-4H3;/q;-1/p+1. The summed E-state index contributed by atoms with van der Waals surface area (Å²) in [4.78, 5) is 0. The minimum absolute atomic E-state index is 0.521. The molecular weight excluding hydrogens is 202 g/mol. The van der Waals surface area contributed by atoms with E-state index in [0.29, 0.717) is 5.41 Å². The van der Waals surface area contributed by atoms with E-state index in [1.54, 1.807) is 0 Å². The molecule has 0 aromatic heterocycles. The average Bonchev–Trinajstić information content (AvgIpc) is 1.80. The van der Waals surface area contributed by atoms with Gasteiger partial charge in [0, 0.05) is 0 Å². The van der Waals surface area contributed by atoms with E-state index in [4.69, 9.17) is 0 Å². The summed E-state index contributed by atoms with van der Waals surface area (Å²) in [5.41, 5.74) is 1.40. The van der Waals surface area contributed by atoms with Crippen molar-refractivity contribution < 1.29 is 17.3 Å². The molecule has 0 heterocycles. The number of hydrogen-bond acceptors (Lipinski definition) is 0. The summed E-state index contributed by atoms with van der Waals surface area (Å²) in [6, 6.07) is 0. The minimum atomic E-state index is -6.00. The summed E-state index contributed by atoms with van der Waals surface area (Å²) < 4.78 is 39.0. The van der Waals surface area contributed by atoms with Crippen LogP contribution in [0.5, 0.6) is 0 Å². The maximum absolute atomic E-state index is 9.75. The molecule has 0 aliphatic heterocycles. The molecule has 82 valence electrons. The fraction of sp³-hybridized carbons (Fsp3) is 1.00. The molecule has 0 amide bonds. The van der Waals surface area contributed by atoms with Crippen LogP contribution in [0.2, 0.25) is 0 Å². The van der Waals surface area contributed by atoms with Gasteiger partial charge in [-0.2, -0.15) is 0 Å². The van der Waals surface area contributed by atoms with Gasteiger partial charge in [-0.05, 0) is 21.1 Å². The zero-order chi connectivity index (χ0) is 11.3. The van der Waals surface area contributed by atoms with E-state index in [2.05, 4.69) is 36.9 Å². The molecule has 0 fully saturated rings. The molecule has 0 nitrogen and oxygen atoms in total. The molecule has 6 heteroatoms. The van der Waals surface area contributed by atoms with Crippen molar-refractivity contribution in [3.8, 4) is 0 Å².